The highest BCUT2D eigenvalue weighted by molar-refractivity contribution is 7.89. The van der Waals surface area contributed by atoms with Crippen molar-refractivity contribution in [2.75, 3.05) is 5.75 Å². The van der Waals surface area contributed by atoms with Gasteiger partial charge in [-0.2, -0.15) is 0 Å². The largest absolute Gasteiger partial charge is 0.472 e. The van der Waals surface area contributed by atoms with E-state index in [-0.39, 0.29) is 12.3 Å². The quantitative estimate of drug-likeness (QED) is 0.852. The summed E-state index contributed by atoms with van der Waals surface area (Å²) in [6, 6.07) is 5.54. The van der Waals surface area contributed by atoms with Gasteiger partial charge < -0.3 is 4.42 Å². The molecule has 1 N–H and O–H groups in total. The van der Waals surface area contributed by atoms with Crippen LogP contribution in [-0.2, 0) is 16.6 Å². The summed E-state index contributed by atoms with van der Waals surface area (Å²) < 4.78 is 30.9. The van der Waals surface area contributed by atoms with Crippen molar-refractivity contribution in [3.8, 4) is 11.3 Å². The SMILES string of the molecule is CCCCS(=O)(=O)NCc1ccc(-c2ccoc2)nc1. The van der Waals surface area contributed by atoms with Crippen LogP contribution in [0.15, 0.2) is 41.3 Å². The zero-order chi connectivity index (χ0) is 14.4. The van der Waals surface area contributed by atoms with Crippen molar-refractivity contribution in [3.05, 3.63) is 42.5 Å². The highest BCUT2D eigenvalue weighted by Gasteiger charge is 2.09. The Balaban J connectivity index is 1.94. The van der Waals surface area contributed by atoms with E-state index in [9.17, 15) is 8.42 Å². The molecule has 5 nitrogen and oxygen atoms in total. The first-order valence-corrected chi connectivity index (χ1v) is 8.21. The number of hydrogen-bond donors (Lipinski definition) is 1. The Morgan fingerprint density at radius 2 is 2.15 bits per heavy atom. The van der Waals surface area contributed by atoms with E-state index in [0.29, 0.717) is 6.42 Å². The molecular formula is C14H18N2O3S. The van der Waals surface area contributed by atoms with Gasteiger partial charge in [-0.05, 0) is 24.1 Å². The fraction of sp³-hybridized carbons (Fsp3) is 0.357. The summed E-state index contributed by atoms with van der Waals surface area (Å²) in [5.74, 6) is 0.171. The minimum absolute atomic E-state index is 0.171. The number of pyridine rings is 1. The molecule has 0 fully saturated rings. The molecule has 0 saturated heterocycles. The Morgan fingerprint density at radius 3 is 2.75 bits per heavy atom. The predicted octanol–water partition coefficient (Wildman–Crippen LogP) is 2.56. The maximum atomic E-state index is 11.7. The summed E-state index contributed by atoms with van der Waals surface area (Å²) in [6.07, 6.45) is 6.42. The standard InChI is InChI=1S/C14H18N2O3S/c1-2-3-8-20(17,18)16-10-12-4-5-14(15-9-12)13-6-7-19-11-13/h4-7,9,11,16H,2-3,8,10H2,1H3. The molecule has 0 aliphatic carbocycles. The number of hydrogen-bond acceptors (Lipinski definition) is 4. The van der Waals surface area contributed by atoms with E-state index in [1.807, 2.05) is 25.1 Å². The summed E-state index contributed by atoms with van der Waals surface area (Å²) >= 11 is 0. The Kier molecular flexibility index (Phi) is 4.92. The number of unbranched alkanes of at least 4 members (excludes halogenated alkanes) is 1. The average Bonchev–Trinajstić information content (AvgIpc) is 2.98. The predicted molar refractivity (Wildman–Crippen MR) is 77.5 cm³/mol. The number of furan rings is 1. The van der Waals surface area contributed by atoms with Crippen molar-refractivity contribution in [1.82, 2.24) is 9.71 Å². The number of sulfonamides is 1. The van der Waals surface area contributed by atoms with Gasteiger partial charge in [0.1, 0.15) is 0 Å². The Labute approximate surface area is 119 Å². The van der Waals surface area contributed by atoms with Gasteiger partial charge >= 0.3 is 0 Å². The maximum absolute atomic E-state index is 11.7. The first-order chi connectivity index (χ1) is 9.61. The van der Waals surface area contributed by atoms with Crippen LogP contribution in [0.2, 0.25) is 0 Å². The average molecular weight is 294 g/mol. The van der Waals surface area contributed by atoms with E-state index in [0.717, 1.165) is 23.2 Å². The normalized spacial score (nSPS) is 11.7. The molecule has 2 heterocycles. The summed E-state index contributed by atoms with van der Waals surface area (Å²) in [7, 11) is -3.19. The Hall–Kier alpha value is -1.66. The molecule has 0 bridgehead atoms. The van der Waals surface area contributed by atoms with Crippen LogP contribution >= 0.6 is 0 Å². The van der Waals surface area contributed by atoms with E-state index >= 15 is 0 Å². The number of aromatic nitrogens is 1. The van der Waals surface area contributed by atoms with Crippen molar-refractivity contribution < 1.29 is 12.8 Å². The van der Waals surface area contributed by atoms with Gasteiger partial charge in [-0.25, -0.2) is 13.1 Å². The third-order valence-corrected chi connectivity index (χ3v) is 4.31. The summed E-state index contributed by atoms with van der Waals surface area (Å²) in [5.41, 5.74) is 2.54. The molecule has 6 heteroatoms. The van der Waals surface area contributed by atoms with Gasteiger partial charge in [0.15, 0.2) is 0 Å². The third-order valence-electron chi connectivity index (χ3n) is 2.90. The van der Waals surface area contributed by atoms with Gasteiger partial charge in [-0.3, -0.25) is 4.98 Å². The van der Waals surface area contributed by atoms with Crippen molar-refractivity contribution in [2.24, 2.45) is 0 Å². The second kappa shape index (κ2) is 6.67. The van der Waals surface area contributed by atoms with Crippen LogP contribution in [0.4, 0.5) is 0 Å². The first-order valence-electron chi connectivity index (χ1n) is 6.55. The zero-order valence-electron chi connectivity index (χ0n) is 11.4. The van der Waals surface area contributed by atoms with Crippen molar-refractivity contribution >= 4 is 10.0 Å². The molecular weight excluding hydrogens is 276 g/mol. The minimum atomic E-state index is -3.19. The van der Waals surface area contributed by atoms with Crippen LogP contribution in [-0.4, -0.2) is 19.2 Å². The maximum Gasteiger partial charge on any atom is 0.211 e. The molecule has 0 aliphatic rings. The van der Waals surface area contributed by atoms with Crippen LogP contribution in [0.5, 0.6) is 0 Å². The molecule has 2 rings (SSSR count). The topological polar surface area (TPSA) is 72.2 Å². The lowest BCUT2D eigenvalue weighted by atomic mass is 10.2. The molecule has 2 aromatic heterocycles. The summed E-state index contributed by atoms with van der Waals surface area (Å²) in [6.45, 7) is 2.23. The summed E-state index contributed by atoms with van der Waals surface area (Å²) in [4.78, 5) is 4.29. The molecule has 0 atom stereocenters. The molecule has 0 aromatic carbocycles. The van der Waals surface area contributed by atoms with Gasteiger partial charge in [0.25, 0.3) is 0 Å². The van der Waals surface area contributed by atoms with Crippen molar-refractivity contribution in [2.45, 2.75) is 26.3 Å². The van der Waals surface area contributed by atoms with E-state index in [4.69, 9.17) is 4.42 Å². The Bertz CT molecular complexity index is 619. The lowest BCUT2D eigenvalue weighted by Gasteiger charge is -2.06. The Morgan fingerprint density at radius 1 is 1.30 bits per heavy atom. The van der Waals surface area contributed by atoms with E-state index in [2.05, 4.69) is 9.71 Å². The van der Waals surface area contributed by atoms with Crippen LogP contribution in [0, 0.1) is 0 Å². The van der Waals surface area contributed by atoms with Crippen molar-refractivity contribution in [3.63, 3.8) is 0 Å². The van der Waals surface area contributed by atoms with Gasteiger partial charge in [-0.1, -0.05) is 19.4 Å². The highest BCUT2D eigenvalue weighted by atomic mass is 32.2. The van der Waals surface area contributed by atoms with Gasteiger partial charge in [0.2, 0.25) is 10.0 Å². The second-order valence-electron chi connectivity index (χ2n) is 4.56. The lowest BCUT2D eigenvalue weighted by Crippen LogP contribution is -2.25. The molecule has 0 amide bonds. The van der Waals surface area contributed by atoms with Crippen LogP contribution < -0.4 is 4.72 Å². The third kappa shape index (κ3) is 4.18. The summed E-state index contributed by atoms with van der Waals surface area (Å²) in [5, 5.41) is 0. The first kappa shape index (κ1) is 14.7. The fourth-order valence-corrected chi connectivity index (χ4v) is 2.91. The number of nitrogens with zero attached hydrogens (tertiary/aromatic N) is 1. The molecule has 0 unspecified atom stereocenters. The van der Waals surface area contributed by atoms with Gasteiger partial charge in [-0.15, -0.1) is 0 Å². The monoisotopic (exact) mass is 294 g/mol. The van der Waals surface area contributed by atoms with Crippen LogP contribution in [0.3, 0.4) is 0 Å². The van der Waals surface area contributed by atoms with Gasteiger partial charge in [0, 0.05) is 18.3 Å². The van der Waals surface area contributed by atoms with Crippen LogP contribution in [0.1, 0.15) is 25.3 Å². The molecule has 108 valence electrons. The minimum Gasteiger partial charge on any atom is -0.472 e. The molecule has 2 aromatic rings. The van der Waals surface area contributed by atoms with E-state index in [1.165, 1.54) is 0 Å². The highest BCUT2D eigenvalue weighted by Crippen LogP contribution is 2.17. The van der Waals surface area contributed by atoms with Crippen LogP contribution in [0.25, 0.3) is 11.3 Å². The fourth-order valence-electron chi connectivity index (χ4n) is 1.71. The molecule has 20 heavy (non-hydrogen) atoms. The smallest absolute Gasteiger partial charge is 0.211 e. The molecule has 0 spiro atoms. The number of nitrogens with one attached hydrogen (secondary N) is 1. The zero-order valence-corrected chi connectivity index (χ0v) is 12.2. The molecule has 0 aliphatic heterocycles. The second-order valence-corrected chi connectivity index (χ2v) is 6.48. The number of rotatable bonds is 7. The lowest BCUT2D eigenvalue weighted by molar-refractivity contribution is 0.568. The molecule has 0 radical (unpaired) electrons. The van der Waals surface area contributed by atoms with E-state index < -0.39 is 10.0 Å². The van der Waals surface area contributed by atoms with Gasteiger partial charge in [0.05, 0.1) is 24.0 Å². The molecule has 0 saturated carbocycles. The van der Waals surface area contributed by atoms with Crippen molar-refractivity contribution in [1.29, 1.82) is 0 Å². The van der Waals surface area contributed by atoms with E-state index in [1.54, 1.807) is 18.7 Å².